The highest BCUT2D eigenvalue weighted by molar-refractivity contribution is 6.33. The molecule has 0 bridgehead atoms. The number of anilines is 4. The number of benzene rings is 5. The molecule has 0 fully saturated rings. The van der Waals surface area contributed by atoms with Crippen LogP contribution in [-0.2, 0) is 32.0 Å². The Morgan fingerprint density at radius 3 is 1.24 bits per heavy atom. The third kappa shape index (κ3) is 13.4. The van der Waals surface area contributed by atoms with Crippen LogP contribution in [0.3, 0.4) is 0 Å². The van der Waals surface area contributed by atoms with Crippen molar-refractivity contribution in [2.24, 2.45) is 20.5 Å². The Morgan fingerprint density at radius 1 is 0.515 bits per heavy atom. The number of azo groups is 2. The van der Waals surface area contributed by atoms with Crippen LogP contribution in [0.2, 0.25) is 10.0 Å². The highest BCUT2D eigenvalue weighted by Gasteiger charge is 2.27. The molecule has 0 aromatic heterocycles. The van der Waals surface area contributed by atoms with Gasteiger partial charge in [-0.05, 0) is 136 Å². The summed E-state index contributed by atoms with van der Waals surface area (Å²) in [4.78, 5) is 78.9. The minimum atomic E-state index is -1.59. The molecule has 0 aliphatic carbocycles. The van der Waals surface area contributed by atoms with Crippen LogP contribution in [0, 0.1) is 0 Å². The molecule has 4 amide bonds. The van der Waals surface area contributed by atoms with Gasteiger partial charge in [-0.25, -0.2) is 0 Å². The van der Waals surface area contributed by atoms with Crippen molar-refractivity contribution in [2.45, 2.75) is 77.2 Å². The van der Waals surface area contributed by atoms with Gasteiger partial charge in [-0.15, -0.1) is 23.2 Å². The van der Waals surface area contributed by atoms with Crippen molar-refractivity contribution < 1.29 is 28.8 Å². The number of hydrogen-bond donors (Lipinski definition) is 4. The molecule has 0 aliphatic heterocycles. The van der Waals surface area contributed by atoms with Gasteiger partial charge in [0.1, 0.15) is 11.4 Å². The van der Waals surface area contributed by atoms with Crippen molar-refractivity contribution in [3.8, 4) is 0 Å². The molecule has 5 aromatic carbocycles. The summed E-state index contributed by atoms with van der Waals surface area (Å²) in [5.41, 5.74) is 5.28. The van der Waals surface area contributed by atoms with Gasteiger partial charge in [-0.2, -0.15) is 20.5 Å². The lowest BCUT2D eigenvalue weighted by atomic mass is 10.0. The van der Waals surface area contributed by atoms with E-state index in [1.807, 2.05) is 27.7 Å². The van der Waals surface area contributed by atoms with Crippen molar-refractivity contribution in [3.05, 3.63) is 140 Å². The summed E-state index contributed by atoms with van der Waals surface area (Å²) in [7, 11) is 0. The van der Waals surface area contributed by atoms with Gasteiger partial charge in [0.05, 0.1) is 20.8 Å². The van der Waals surface area contributed by atoms with Crippen molar-refractivity contribution in [1.29, 1.82) is 0 Å². The molecule has 342 valence electrons. The van der Waals surface area contributed by atoms with Gasteiger partial charge in [-0.3, -0.25) is 28.8 Å². The number of alkyl halides is 2. The van der Waals surface area contributed by atoms with Gasteiger partial charge in [0.25, 0.3) is 23.6 Å². The SMILES string of the molecule is CCc1cc(NC(=O)C(N=Nc2cc(C(=O)Nc3ccc(C(C)Cl)cc3)ccc2Cl)C(C)=O)cc(CC)c1NC(=O)C(N=Nc1cc(C(=O)Nc2ccc(C(C)Cl)cc2)ccc1Cl)C(C)=O. The molecule has 4 unspecified atom stereocenters. The maximum absolute atomic E-state index is 13.7. The summed E-state index contributed by atoms with van der Waals surface area (Å²) in [6.07, 6.45) is 0.768. The molecule has 5 aromatic rings. The Hall–Kier alpha value is -6.32. The normalized spacial score (nSPS) is 13.1. The summed E-state index contributed by atoms with van der Waals surface area (Å²) < 4.78 is 0. The number of nitrogens with one attached hydrogen (secondary N) is 4. The monoisotopic (exact) mass is 970 g/mol. The maximum Gasteiger partial charge on any atom is 0.258 e. The molecule has 0 radical (unpaired) electrons. The Balaban J connectivity index is 1.29. The minimum Gasteiger partial charge on any atom is -0.324 e. The lowest BCUT2D eigenvalue weighted by Crippen LogP contribution is -2.33. The Labute approximate surface area is 402 Å². The highest BCUT2D eigenvalue weighted by atomic mass is 35.5. The molecule has 0 aliphatic rings. The number of ketones is 2. The Morgan fingerprint density at radius 2 is 0.894 bits per heavy atom. The largest absolute Gasteiger partial charge is 0.324 e. The van der Waals surface area contributed by atoms with Gasteiger partial charge < -0.3 is 21.3 Å². The van der Waals surface area contributed by atoms with Gasteiger partial charge in [0, 0.05) is 33.9 Å². The zero-order valence-corrected chi connectivity index (χ0v) is 39.7. The van der Waals surface area contributed by atoms with Crippen molar-refractivity contribution in [2.75, 3.05) is 21.3 Å². The van der Waals surface area contributed by atoms with E-state index in [0.29, 0.717) is 46.7 Å². The van der Waals surface area contributed by atoms with Crippen LogP contribution in [0.15, 0.2) is 118 Å². The predicted octanol–water partition coefficient (Wildman–Crippen LogP) is 12.6. The van der Waals surface area contributed by atoms with E-state index in [1.54, 1.807) is 60.7 Å². The highest BCUT2D eigenvalue weighted by Crippen LogP contribution is 2.32. The number of nitrogens with zero attached hydrogens (tertiary/aromatic N) is 4. The van der Waals surface area contributed by atoms with Gasteiger partial charge in [0.2, 0.25) is 12.1 Å². The number of Topliss-reactive ketones (excluding diaryl/α,β-unsaturated/α-hetero) is 2. The quantitative estimate of drug-likeness (QED) is 0.0382. The van der Waals surface area contributed by atoms with Crippen LogP contribution in [0.25, 0.3) is 0 Å². The van der Waals surface area contributed by atoms with E-state index in [9.17, 15) is 28.8 Å². The number of halogens is 4. The first-order valence-electron chi connectivity index (χ1n) is 20.7. The second-order valence-corrected chi connectivity index (χ2v) is 17.2. The molecular formula is C48H46Cl4N8O6. The topological polar surface area (TPSA) is 200 Å². The molecule has 0 spiro atoms. The summed E-state index contributed by atoms with van der Waals surface area (Å²) in [5.74, 6) is -3.70. The summed E-state index contributed by atoms with van der Waals surface area (Å²) >= 11 is 25.0. The molecule has 18 heteroatoms. The molecule has 0 heterocycles. The molecule has 4 N–H and O–H groups in total. The van der Waals surface area contributed by atoms with Gasteiger partial charge >= 0.3 is 0 Å². The fourth-order valence-electron chi connectivity index (χ4n) is 6.37. The Kier molecular flexibility index (Phi) is 17.8. The first kappa shape index (κ1) is 50.7. The van der Waals surface area contributed by atoms with Crippen LogP contribution in [0.1, 0.15) is 95.3 Å². The number of amides is 4. The smallest absolute Gasteiger partial charge is 0.258 e. The fourth-order valence-corrected chi connectivity index (χ4v) is 6.97. The number of hydrogen-bond acceptors (Lipinski definition) is 10. The van der Waals surface area contributed by atoms with E-state index in [4.69, 9.17) is 46.4 Å². The van der Waals surface area contributed by atoms with Crippen LogP contribution < -0.4 is 21.3 Å². The molecule has 66 heavy (non-hydrogen) atoms. The van der Waals surface area contributed by atoms with Crippen LogP contribution >= 0.6 is 46.4 Å². The second kappa shape index (κ2) is 23.2. The van der Waals surface area contributed by atoms with Crippen molar-refractivity contribution >= 4 is 116 Å². The molecular weight excluding hydrogens is 926 g/mol. The molecule has 4 atom stereocenters. The number of carbonyl (C=O) groups is 6. The summed E-state index contributed by atoms with van der Waals surface area (Å²) in [5, 5.41) is 27.2. The molecule has 0 saturated carbocycles. The Bertz CT molecular complexity index is 2680. The van der Waals surface area contributed by atoms with E-state index in [0.717, 1.165) is 11.1 Å². The average molecular weight is 973 g/mol. The van der Waals surface area contributed by atoms with E-state index in [1.165, 1.54) is 50.2 Å². The third-order valence-corrected chi connectivity index (χ3v) is 11.2. The van der Waals surface area contributed by atoms with Gasteiger partial charge in [-0.1, -0.05) is 61.3 Å². The maximum atomic E-state index is 13.7. The van der Waals surface area contributed by atoms with E-state index in [2.05, 4.69) is 41.7 Å². The molecule has 5 rings (SSSR count). The lowest BCUT2D eigenvalue weighted by molar-refractivity contribution is -0.127. The third-order valence-electron chi connectivity index (χ3n) is 10.1. The average Bonchev–Trinajstić information content (AvgIpc) is 3.27. The lowest BCUT2D eigenvalue weighted by Gasteiger charge is -2.19. The first-order chi connectivity index (χ1) is 31.4. The van der Waals surface area contributed by atoms with E-state index < -0.39 is 47.3 Å². The van der Waals surface area contributed by atoms with Crippen molar-refractivity contribution in [3.63, 3.8) is 0 Å². The van der Waals surface area contributed by atoms with Crippen molar-refractivity contribution in [1.82, 2.24) is 0 Å². The number of rotatable bonds is 18. The van der Waals surface area contributed by atoms with Crippen LogP contribution in [0.4, 0.5) is 34.1 Å². The zero-order valence-electron chi connectivity index (χ0n) is 36.7. The standard InChI is InChI=1S/C48H46Cl4N8O6/c1-7-29-21-37(55-47(65)42(27(5)61)59-57-40-23-33(13-19-38(40)51)45(63)53-35-15-9-31(10-16-35)25(3)49)22-30(8-2)44(29)56-48(66)43(28(6)62)60-58-41-24-34(14-20-39(41)52)46(64)54-36-17-11-32(12-18-36)26(4)50/h9-26,42-43H,7-8H2,1-6H3,(H,53,63)(H,54,64)(H,55,65)(H,56,66). The minimum absolute atomic E-state index is 0.0549. The fraction of sp³-hybridized carbons (Fsp3) is 0.250. The number of carbonyl (C=O) groups excluding carboxylic acids is 6. The molecule has 0 saturated heterocycles. The van der Waals surface area contributed by atoms with E-state index in [-0.39, 0.29) is 43.3 Å². The van der Waals surface area contributed by atoms with Crippen LogP contribution in [-0.4, -0.2) is 47.3 Å². The summed E-state index contributed by atoms with van der Waals surface area (Å²) in [6.45, 7) is 9.73. The predicted molar refractivity (Wildman–Crippen MR) is 261 cm³/mol. The van der Waals surface area contributed by atoms with Gasteiger partial charge in [0.15, 0.2) is 11.6 Å². The zero-order chi connectivity index (χ0) is 48.2. The van der Waals surface area contributed by atoms with E-state index >= 15 is 0 Å². The molecule has 14 nitrogen and oxygen atoms in total. The first-order valence-corrected chi connectivity index (χ1v) is 22.3. The second-order valence-electron chi connectivity index (χ2n) is 15.0. The number of aryl methyl sites for hydroxylation is 2. The summed E-state index contributed by atoms with van der Waals surface area (Å²) in [6, 6.07) is 22.9. The van der Waals surface area contributed by atoms with Crippen LogP contribution in [0.5, 0.6) is 0 Å².